The first-order chi connectivity index (χ1) is 70.8. The molecule has 0 N–H and O–H groups in total. The molecule has 6 aliphatic rings. The number of unbranched alkanes of at least 4 members (excludes halogenated alkanes) is 3. The lowest BCUT2D eigenvalue weighted by Gasteiger charge is -2.36. The summed E-state index contributed by atoms with van der Waals surface area (Å²) in [5, 5.41) is 0. The molecular formula is C117H152O31. The van der Waals surface area contributed by atoms with E-state index in [4.69, 9.17) is 66.3 Å². The van der Waals surface area contributed by atoms with Crippen LogP contribution in [-0.4, -0.2) is 154 Å². The Morgan fingerprint density at radius 2 is 0.622 bits per heavy atom. The molecule has 0 atom stereocenters. The summed E-state index contributed by atoms with van der Waals surface area (Å²) >= 11 is 0. The molecule has 148 heavy (non-hydrogen) atoms. The molecule has 0 saturated heterocycles. The van der Waals surface area contributed by atoms with Crippen molar-refractivity contribution in [3.63, 3.8) is 0 Å². The van der Waals surface area contributed by atoms with Crippen molar-refractivity contribution in [1.82, 2.24) is 0 Å². The molecule has 4 aromatic carbocycles. The topological polar surface area (TPSA) is 419 Å². The largest absolute Gasteiger partial charge is 0.465 e. The van der Waals surface area contributed by atoms with Gasteiger partial charge in [0.15, 0.2) is 17.3 Å². The summed E-state index contributed by atoms with van der Waals surface area (Å²) in [4.78, 5) is 212. The summed E-state index contributed by atoms with van der Waals surface area (Å²) in [5.41, 5.74) is 2.79. The van der Waals surface area contributed by atoms with Gasteiger partial charge in [-0.05, 0) is 338 Å². The molecular weight excluding hydrogens is 1900 g/mol. The van der Waals surface area contributed by atoms with Gasteiger partial charge in [-0.3, -0.25) is 71.9 Å². The van der Waals surface area contributed by atoms with Gasteiger partial charge in [-0.25, -0.2) is 9.59 Å². The van der Waals surface area contributed by atoms with Crippen LogP contribution in [0, 0.1) is 103 Å². The van der Waals surface area contributed by atoms with Gasteiger partial charge in [0.2, 0.25) is 0 Å². The lowest BCUT2D eigenvalue weighted by atomic mass is 9.69. The monoisotopic (exact) mass is 2050 g/mol. The van der Waals surface area contributed by atoms with Crippen LogP contribution < -0.4 is 28.4 Å². The number of aryl methyl sites for hydroxylation is 1. The molecule has 0 amide bonds. The van der Waals surface area contributed by atoms with Gasteiger partial charge >= 0.3 is 83.6 Å². The number of rotatable bonds is 53. The number of ether oxygens (including phenoxy) is 14. The third-order valence-electron chi connectivity index (χ3n) is 29.4. The molecule has 31 nitrogen and oxygen atoms in total. The average molecular weight is 2050 g/mol. The molecule has 0 radical (unpaired) electrons. The predicted molar refractivity (Wildman–Crippen MR) is 545 cm³/mol. The van der Waals surface area contributed by atoms with E-state index >= 15 is 0 Å². The summed E-state index contributed by atoms with van der Waals surface area (Å²) in [6.07, 6.45) is 27.2. The minimum Gasteiger partial charge on any atom is -0.465 e. The van der Waals surface area contributed by atoms with Crippen molar-refractivity contribution in [2.24, 2.45) is 81.8 Å². The van der Waals surface area contributed by atoms with Crippen molar-refractivity contribution in [3.05, 3.63) is 157 Å². The Labute approximate surface area is 869 Å². The maximum Gasteiger partial charge on any atom is 0.330 e. The van der Waals surface area contributed by atoms with Crippen LogP contribution >= 0.6 is 0 Å². The number of carbonyl (C=O) groups excluding carboxylic acids is 17. The normalized spacial score (nSPS) is 20.7. The highest BCUT2D eigenvalue weighted by Gasteiger charge is 2.41. The lowest BCUT2D eigenvalue weighted by Crippen LogP contribution is -2.32. The highest BCUT2D eigenvalue weighted by molar-refractivity contribution is 5.98. The van der Waals surface area contributed by atoms with E-state index < -0.39 is 88.2 Å². The van der Waals surface area contributed by atoms with Crippen molar-refractivity contribution in [2.75, 3.05) is 52.9 Å². The number of esters is 14. The zero-order valence-electron chi connectivity index (χ0n) is 87.7. The molecule has 0 spiro atoms. The molecule has 0 unspecified atom stereocenters. The first-order valence-corrected chi connectivity index (χ1v) is 52.9. The third kappa shape index (κ3) is 40.5. The highest BCUT2D eigenvalue weighted by atomic mass is 16.6. The van der Waals surface area contributed by atoms with Gasteiger partial charge in [0, 0.05) is 43.3 Å². The van der Waals surface area contributed by atoms with Gasteiger partial charge in [-0.2, -0.15) is 0 Å². The predicted octanol–water partition coefficient (Wildman–Crippen LogP) is 20.2. The summed E-state index contributed by atoms with van der Waals surface area (Å²) in [5.74, 6) is -4.35. The molecule has 6 aliphatic carbocycles. The molecule has 6 fully saturated rings. The van der Waals surface area contributed by atoms with Crippen molar-refractivity contribution in [3.8, 4) is 34.5 Å². The zero-order chi connectivity index (χ0) is 107. The molecule has 0 aromatic heterocycles. The van der Waals surface area contributed by atoms with Gasteiger partial charge in [-0.1, -0.05) is 78.3 Å². The summed E-state index contributed by atoms with van der Waals surface area (Å²) in [7, 11) is 0. The smallest absolute Gasteiger partial charge is 0.330 e. The summed E-state index contributed by atoms with van der Waals surface area (Å²) in [6, 6.07) is 20.0. The Morgan fingerprint density at radius 3 is 1.02 bits per heavy atom. The average Bonchev–Trinajstić information content (AvgIpc) is 0.797. The first-order valence-electron chi connectivity index (χ1n) is 52.9. The van der Waals surface area contributed by atoms with Crippen LogP contribution in [0.1, 0.15) is 304 Å². The Kier molecular flexibility index (Phi) is 48.9. The first kappa shape index (κ1) is 119. The standard InChI is InChI=1S/C66H82O19.C51H70O12/c1-10-51(67)32-35-65(6,7)39-80-58(71)30-28-56(69)77-36-33-45-12-24-52(25-13-45)82-61(73)47-16-20-49(21-17-47)63(75)84-54-38-42(3)60(44(5)43(54)4)85-64(76)50-22-18-48(19-23-50)62(74)83-53-26-14-46(15-27-53)34-37-78-57(70)29-31-59(72)81-41-66(8,9)40-79-55(68)11-2;1-4-43(53)11-7-6-8-31-60-48(55)39-20-12-36(13-21-39)38-18-26-42(27-19-38)51(58)63-46-29-28-44(33-45(46)34(3)52)62-50(57)41-24-16-37(17-25-41)35-14-22-40(23-15-35)49(56)61-32-10-9-30-59-47(54)5-2/h10-15,24-27,38,47-50H,1-2,16-23,28-37,39-41H2,3-9H3;4-5,28-29,33,35-42H,1-2,6-27,30-32H2,3H3. The Bertz CT molecular complexity index is 5220. The Balaban J connectivity index is 0.000000343. The number of hydrogen-bond acceptors (Lipinski definition) is 31. The van der Waals surface area contributed by atoms with Gasteiger partial charge < -0.3 is 66.3 Å². The Morgan fingerprint density at radius 1 is 0.297 bits per heavy atom. The fraction of sp³-hybridized carbons (Fsp3) is 0.581. The molecule has 0 heterocycles. The van der Waals surface area contributed by atoms with E-state index in [2.05, 4.69) is 26.3 Å². The minimum atomic E-state index is -0.618. The number of allylic oxidation sites excluding steroid dienone is 2. The van der Waals surface area contributed by atoms with Crippen molar-refractivity contribution in [2.45, 2.75) is 299 Å². The number of ketones is 3. The van der Waals surface area contributed by atoms with Crippen LogP contribution in [0.3, 0.4) is 0 Å². The molecule has 6 saturated carbocycles. The van der Waals surface area contributed by atoms with E-state index in [-0.39, 0.29) is 153 Å². The fourth-order valence-electron chi connectivity index (χ4n) is 19.8. The fourth-order valence-corrected chi connectivity index (χ4v) is 19.8. The van der Waals surface area contributed by atoms with Crippen molar-refractivity contribution >= 4 is 101 Å². The number of carbonyl (C=O) groups is 17. The highest BCUT2D eigenvalue weighted by Crippen LogP contribution is 2.46. The van der Waals surface area contributed by atoms with Crippen LogP contribution in [0.4, 0.5) is 0 Å². The molecule has 0 aliphatic heterocycles. The van der Waals surface area contributed by atoms with Gasteiger partial charge in [0.05, 0.1) is 131 Å². The van der Waals surface area contributed by atoms with Crippen LogP contribution in [-0.2, 0) is 127 Å². The van der Waals surface area contributed by atoms with Crippen LogP contribution in [0.15, 0.2) is 123 Å². The number of hydrogen-bond donors (Lipinski definition) is 0. The van der Waals surface area contributed by atoms with E-state index in [1.165, 1.54) is 25.1 Å². The zero-order valence-corrected chi connectivity index (χ0v) is 87.7. The third-order valence-corrected chi connectivity index (χ3v) is 29.4. The maximum atomic E-state index is 13.5. The van der Waals surface area contributed by atoms with E-state index in [1.54, 1.807) is 101 Å². The van der Waals surface area contributed by atoms with Crippen LogP contribution in [0.2, 0.25) is 0 Å². The van der Waals surface area contributed by atoms with Gasteiger partial charge in [-0.15, -0.1) is 0 Å². The minimum absolute atomic E-state index is 0.000721. The molecule has 4 aromatic rings. The van der Waals surface area contributed by atoms with E-state index in [9.17, 15) is 81.5 Å². The van der Waals surface area contributed by atoms with Crippen LogP contribution in [0.25, 0.3) is 0 Å². The van der Waals surface area contributed by atoms with E-state index in [0.29, 0.717) is 186 Å². The quantitative estimate of drug-likeness (QED) is 0.00989. The second kappa shape index (κ2) is 60.8. The van der Waals surface area contributed by atoms with E-state index in [1.807, 2.05) is 13.8 Å². The maximum absolute atomic E-state index is 13.5. The molecule has 806 valence electrons. The summed E-state index contributed by atoms with van der Waals surface area (Å²) < 4.78 is 77.0. The van der Waals surface area contributed by atoms with Crippen molar-refractivity contribution in [1.29, 1.82) is 0 Å². The summed E-state index contributed by atoms with van der Waals surface area (Å²) in [6.45, 7) is 29.1. The number of Topliss-reactive ketones (excluding diaryl/α,β-unsaturated/α-hetero) is 1. The second-order valence-corrected chi connectivity index (χ2v) is 41.8. The lowest BCUT2D eigenvalue weighted by molar-refractivity contribution is -0.154. The SMILES string of the molecule is C=CC(=O)CCC(C)(C)COC(=O)CCC(=O)OCCc1ccc(OC(=O)C2CCC(C(=O)Oc3cc(C)c(OC(=O)C4CCC(C(=O)Oc5ccc(CCOC(=O)CCC(=O)OCC(C)(C)COC(=O)C=C)cc5)CC4)c(C)c3C)CC2)cc1.C=CC(=O)CCCCCOC(=O)C1CCC(C2CCC(C(=O)Oc3ccc(OC(=O)C4CCC(C5CCC(C(=O)OCCCCOC(=O)C=C)CC5)CC4)cc3C(C)=O)CC2)CC1. The van der Waals surface area contributed by atoms with Crippen molar-refractivity contribution < 1.29 is 148 Å². The second-order valence-electron chi connectivity index (χ2n) is 41.8. The molecule has 31 heteroatoms. The Hall–Kier alpha value is -12.6. The van der Waals surface area contributed by atoms with Crippen LogP contribution in [0.5, 0.6) is 34.5 Å². The van der Waals surface area contributed by atoms with Gasteiger partial charge in [0.25, 0.3) is 0 Å². The molecule has 0 bridgehead atoms. The number of benzene rings is 4. The molecule has 10 rings (SSSR count). The van der Waals surface area contributed by atoms with Gasteiger partial charge in [0.1, 0.15) is 34.5 Å². The van der Waals surface area contributed by atoms with E-state index in [0.717, 1.165) is 132 Å².